The van der Waals surface area contributed by atoms with E-state index in [1.54, 1.807) is 6.07 Å². The first-order chi connectivity index (χ1) is 9.02. The first kappa shape index (κ1) is 15.6. The molecule has 0 amide bonds. The lowest BCUT2D eigenvalue weighted by molar-refractivity contribution is 0.336. The number of rotatable bonds is 6. The lowest BCUT2D eigenvalue weighted by Crippen LogP contribution is -2.34. The average molecular weight is 284 g/mol. The number of nitrogens with one attached hydrogen (secondary N) is 1. The van der Waals surface area contributed by atoms with Crippen molar-refractivity contribution in [3.8, 4) is 5.75 Å². The molecular formula is C14H22ClN3O. The maximum absolute atomic E-state index is 5.95. The van der Waals surface area contributed by atoms with Crippen molar-refractivity contribution in [2.75, 3.05) is 13.2 Å². The van der Waals surface area contributed by atoms with Crippen LogP contribution < -0.4 is 15.8 Å². The van der Waals surface area contributed by atoms with Crippen molar-refractivity contribution in [1.29, 1.82) is 0 Å². The van der Waals surface area contributed by atoms with Crippen LogP contribution in [0.2, 0.25) is 5.02 Å². The van der Waals surface area contributed by atoms with Crippen LogP contribution in [-0.2, 0) is 6.54 Å². The van der Waals surface area contributed by atoms with Crippen LogP contribution in [0.3, 0.4) is 0 Å². The van der Waals surface area contributed by atoms with Gasteiger partial charge in [0.05, 0.1) is 13.2 Å². The molecule has 0 spiro atoms. The van der Waals surface area contributed by atoms with E-state index in [0.717, 1.165) is 17.9 Å². The summed E-state index contributed by atoms with van der Waals surface area (Å²) in [5.74, 6) is 1.74. The smallest absolute Gasteiger partial charge is 0.188 e. The number of aliphatic imine (C=N–C) groups is 1. The van der Waals surface area contributed by atoms with Gasteiger partial charge in [-0.3, -0.25) is 0 Å². The molecule has 0 aliphatic heterocycles. The molecule has 0 atom stereocenters. The maximum atomic E-state index is 5.95. The highest BCUT2D eigenvalue weighted by molar-refractivity contribution is 6.30. The predicted molar refractivity (Wildman–Crippen MR) is 80.8 cm³/mol. The molecule has 0 radical (unpaired) electrons. The monoisotopic (exact) mass is 283 g/mol. The molecular weight excluding hydrogens is 262 g/mol. The van der Waals surface area contributed by atoms with E-state index in [1.165, 1.54) is 0 Å². The molecule has 4 nitrogen and oxygen atoms in total. The van der Waals surface area contributed by atoms with Crippen LogP contribution in [-0.4, -0.2) is 19.1 Å². The van der Waals surface area contributed by atoms with Crippen LogP contribution in [0, 0.1) is 5.92 Å². The molecule has 3 N–H and O–H groups in total. The van der Waals surface area contributed by atoms with Crippen molar-refractivity contribution in [2.45, 2.75) is 27.3 Å². The van der Waals surface area contributed by atoms with E-state index in [4.69, 9.17) is 22.1 Å². The summed E-state index contributed by atoms with van der Waals surface area (Å²) in [4.78, 5) is 4.30. The number of nitrogens with zero attached hydrogens (tertiary/aromatic N) is 1. The highest BCUT2D eigenvalue weighted by Gasteiger charge is 2.04. The van der Waals surface area contributed by atoms with Gasteiger partial charge in [0.15, 0.2) is 5.96 Å². The van der Waals surface area contributed by atoms with Gasteiger partial charge in [-0.1, -0.05) is 31.5 Å². The van der Waals surface area contributed by atoms with Crippen LogP contribution in [0.15, 0.2) is 23.2 Å². The summed E-state index contributed by atoms with van der Waals surface area (Å²) < 4.78 is 5.53. The van der Waals surface area contributed by atoms with Gasteiger partial charge in [0.1, 0.15) is 5.75 Å². The van der Waals surface area contributed by atoms with Crippen LogP contribution >= 0.6 is 11.6 Å². The molecule has 5 heteroatoms. The van der Waals surface area contributed by atoms with Crippen molar-refractivity contribution in [1.82, 2.24) is 5.32 Å². The topological polar surface area (TPSA) is 59.6 Å². The first-order valence-electron chi connectivity index (χ1n) is 6.48. The lowest BCUT2D eigenvalue weighted by Gasteiger charge is -2.10. The quantitative estimate of drug-likeness (QED) is 0.623. The molecule has 1 rings (SSSR count). The Morgan fingerprint density at radius 1 is 1.47 bits per heavy atom. The van der Waals surface area contributed by atoms with Crippen molar-refractivity contribution in [3.05, 3.63) is 28.8 Å². The van der Waals surface area contributed by atoms with E-state index in [9.17, 15) is 0 Å². The Hall–Kier alpha value is -1.42. The zero-order valence-electron chi connectivity index (χ0n) is 11.7. The van der Waals surface area contributed by atoms with Crippen molar-refractivity contribution < 1.29 is 4.74 Å². The molecule has 0 saturated heterocycles. The number of guanidine groups is 1. The molecule has 1 aromatic rings. The number of benzene rings is 1. The normalized spacial score (nSPS) is 11.7. The van der Waals surface area contributed by atoms with Gasteiger partial charge in [-0.15, -0.1) is 0 Å². The summed E-state index contributed by atoms with van der Waals surface area (Å²) in [5.41, 5.74) is 6.77. The summed E-state index contributed by atoms with van der Waals surface area (Å²) in [7, 11) is 0. The lowest BCUT2D eigenvalue weighted by atomic mass is 10.2. The first-order valence-corrected chi connectivity index (χ1v) is 6.85. The molecule has 0 unspecified atom stereocenters. The van der Waals surface area contributed by atoms with Crippen LogP contribution in [0.4, 0.5) is 0 Å². The Morgan fingerprint density at radius 2 is 2.21 bits per heavy atom. The number of ether oxygens (including phenoxy) is 1. The third-order valence-corrected chi connectivity index (χ3v) is 2.68. The average Bonchev–Trinajstić information content (AvgIpc) is 2.35. The fourth-order valence-electron chi connectivity index (χ4n) is 1.48. The van der Waals surface area contributed by atoms with Gasteiger partial charge in [-0.25, -0.2) is 4.99 Å². The molecule has 0 saturated carbocycles. The molecule has 0 aromatic heterocycles. The minimum absolute atomic E-state index is 0.450. The van der Waals surface area contributed by atoms with Gasteiger partial charge >= 0.3 is 0 Å². The van der Waals surface area contributed by atoms with E-state index in [1.807, 2.05) is 19.1 Å². The fourth-order valence-corrected chi connectivity index (χ4v) is 1.65. The Bertz CT molecular complexity index is 433. The van der Waals surface area contributed by atoms with Gasteiger partial charge in [0, 0.05) is 17.1 Å². The summed E-state index contributed by atoms with van der Waals surface area (Å²) >= 11 is 5.95. The highest BCUT2D eigenvalue weighted by Crippen LogP contribution is 2.24. The molecule has 106 valence electrons. The molecule has 0 fully saturated rings. The molecule has 0 aliphatic rings. The number of nitrogens with two attached hydrogens (primary N) is 1. The van der Waals surface area contributed by atoms with Crippen molar-refractivity contribution >= 4 is 17.6 Å². The van der Waals surface area contributed by atoms with Gasteiger partial charge in [0.25, 0.3) is 0 Å². The van der Waals surface area contributed by atoms with Crippen molar-refractivity contribution in [3.63, 3.8) is 0 Å². The largest absolute Gasteiger partial charge is 0.493 e. The zero-order chi connectivity index (χ0) is 14.3. The van der Waals surface area contributed by atoms with Gasteiger partial charge in [0.2, 0.25) is 0 Å². The van der Waals surface area contributed by atoms with Gasteiger partial charge in [-0.2, -0.15) is 0 Å². The van der Waals surface area contributed by atoms with E-state index in [2.05, 4.69) is 24.2 Å². The Labute approximate surface area is 120 Å². The van der Waals surface area contributed by atoms with E-state index in [0.29, 0.717) is 30.1 Å². The van der Waals surface area contributed by atoms with Crippen LogP contribution in [0.1, 0.15) is 26.3 Å². The summed E-state index contributed by atoms with van der Waals surface area (Å²) in [5, 5.41) is 3.73. The molecule has 0 bridgehead atoms. The van der Waals surface area contributed by atoms with E-state index in [-0.39, 0.29) is 0 Å². The number of halogens is 1. The maximum Gasteiger partial charge on any atom is 0.188 e. The Balaban J connectivity index is 2.68. The summed E-state index contributed by atoms with van der Waals surface area (Å²) in [6.45, 7) is 8.06. The second kappa shape index (κ2) is 7.89. The van der Waals surface area contributed by atoms with Crippen molar-refractivity contribution in [2.24, 2.45) is 16.6 Å². The second-order valence-electron chi connectivity index (χ2n) is 4.66. The third-order valence-electron chi connectivity index (χ3n) is 2.44. The minimum atomic E-state index is 0.450. The molecule has 1 aromatic carbocycles. The standard InChI is InChI=1S/C14H22ClN3O/c1-4-19-13-7-12(15)6-5-11(13)9-18-14(16)17-8-10(2)3/h5-7,10H,4,8-9H2,1-3H3,(H3,16,17,18). The van der Waals surface area contributed by atoms with Crippen LogP contribution in [0.25, 0.3) is 0 Å². The number of hydrogen-bond donors (Lipinski definition) is 2. The highest BCUT2D eigenvalue weighted by atomic mass is 35.5. The summed E-state index contributed by atoms with van der Waals surface area (Å²) in [6.07, 6.45) is 0. The Kier molecular flexibility index (Phi) is 6.50. The third kappa shape index (κ3) is 5.83. The second-order valence-corrected chi connectivity index (χ2v) is 5.10. The summed E-state index contributed by atoms with van der Waals surface area (Å²) in [6, 6.07) is 5.53. The fraction of sp³-hybridized carbons (Fsp3) is 0.500. The molecule has 19 heavy (non-hydrogen) atoms. The molecule has 0 aliphatic carbocycles. The van der Waals surface area contributed by atoms with E-state index < -0.39 is 0 Å². The molecule has 0 heterocycles. The van der Waals surface area contributed by atoms with E-state index >= 15 is 0 Å². The van der Waals surface area contributed by atoms with Gasteiger partial charge in [-0.05, 0) is 25.0 Å². The predicted octanol–water partition coefficient (Wildman–Crippen LogP) is 2.80. The van der Waals surface area contributed by atoms with Crippen LogP contribution in [0.5, 0.6) is 5.75 Å². The van der Waals surface area contributed by atoms with Gasteiger partial charge < -0.3 is 15.8 Å². The Morgan fingerprint density at radius 3 is 2.84 bits per heavy atom. The minimum Gasteiger partial charge on any atom is -0.493 e. The SMILES string of the molecule is CCOc1cc(Cl)ccc1CN=C(N)NCC(C)C. The zero-order valence-corrected chi connectivity index (χ0v) is 12.5. The number of hydrogen-bond acceptors (Lipinski definition) is 2.